The summed E-state index contributed by atoms with van der Waals surface area (Å²) < 4.78 is 30.2. The number of hydrogen-bond acceptors (Lipinski definition) is 6. The van der Waals surface area contributed by atoms with E-state index in [1.54, 1.807) is 11.9 Å². The van der Waals surface area contributed by atoms with E-state index in [0.29, 0.717) is 42.6 Å². The number of nitrogens with zero attached hydrogens (tertiary/aromatic N) is 3. The number of likely N-dealkylation sites (tertiary alicyclic amines) is 1. The Balaban J connectivity index is 1.15. The van der Waals surface area contributed by atoms with Crippen LogP contribution in [0.15, 0.2) is 12.1 Å². The van der Waals surface area contributed by atoms with Gasteiger partial charge in [-0.2, -0.15) is 0 Å². The molecule has 3 N–H and O–H groups in total. The van der Waals surface area contributed by atoms with Crippen molar-refractivity contribution in [3.8, 4) is 0 Å². The molecular weight excluding hydrogens is 452 g/mol. The van der Waals surface area contributed by atoms with Crippen molar-refractivity contribution in [2.24, 2.45) is 17.1 Å². The molecule has 1 atom stereocenters. The summed E-state index contributed by atoms with van der Waals surface area (Å²) in [7, 11) is 1.63. The first-order valence-corrected chi connectivity index (χ1v) is 13.0. The molecule has 2 amide bonds. The number of rotatable bonds is 5. The monoisotopic (exact) mass is 489 g/mol. The molecule has 5 rings (SSSR count). The molecular formula is C26H37F2N5O2. The van der Waals surface area contributed by atoms with Gasteiger partial charge in [0.05, 0.1) is 0 Å². The summed E-state index contributed by atoms with van der Waals surface area (Å²) in [6, 6.07) is 2.37. The van der Waals surface area contributed by atoms with Gasteiger partial charge in [0.2, 0.25) is 11.8 Å². The van der Waals surface area contributed by atoms with E-state index >= 15 is 8.78 Å². The number of imide groups is 1. The van der Waals surface area contributed by atoms with Gasteiger partial charge in [0.25, 0.3) is 0 Å². The van der Waals surface area contributed by atoms with Gasteiger partial charge in [-0.1, -0.05) is 0 Å². The maximum absolute atomic E-state index is 15.1. The van der Waals surface area contributed by atoms with Crippen LogP contribution in [0.25, 0.3) is 0 Å². The standard InChI is InChI=1S/C26H37F2N5O2/c1-31(22-2-3-23(34)30-25(22)35)19-12-20(27)24(21(28)13-19)33-8-4-17(5-9-33)16-32-10-6-26(7-11-32)14-18(29)15-26/h12-13,17-18,22H,2-11,14-16,29H2,1H3,(H,30,34,35). The molecule has 4 aliphatic rings. The minimum absolute atomic E-state index is 0.0186. The smallest absolute Gasteiger partial charge is 0.249 e. The Bertz CT molecular complexity index is 941. The van der Waals surface area contributed by atoms with Gasteiger partial charge in [0, 0.05) is 44.8 Å². The Morgan fingerprint density at radius 2 is 1.69 bits per heavy atom. The van der Waals surface area contributed by atoms with Crippen LogP contribution in [0.4, 0.5) is 20.2 Å². The Kier molecular flexibility index (Phi) is 6.74. The number of nitrogens with one attached hydrogen (secondary N) is 1. The van der Waals surface area contributed by atoms with Gasteiger partial charge in [-0.05, 0) is 81.5 Å². The average molecular weight is 490 g/mol. The molecule has 1 aliphatic carbocycles. The summed E-state index contributed by atoms with van der Waals surface area (Å²) in [5, 5.41) is 2.29. The van der Waals surface area contributed by atoms with Crippen LogP contribution in [0.1, 0.15) is 51.4 Å². The van der Waals surface area contributed by atoms with Gasteiger partial charge in [-0.15, -0.1) is 0 Å². The number of hydrogen-bond donors (Lipinski definition) is 2. The zero-order valence-corrected chi connectivity index (χ0v) is 20.6. The quantitative estimate of drug-likeness (QED) is 0.619. The molecule has 3 saturated heterocycles. The molecule has 1 spiro atoms. The van der Waals surface area contributed by atoms with Crippen molar-refractivity contribution in [1.29, 1.82) is 0 Å². The van der Waals surface area contributed by atoms with Crippen molar-refractivity contribution in [1.82, 2.24) is 10.2 Å². The van der Waals surface area contributed by atoms with E-state index < -0.39 is 23.6 Å². The third kappa shape index (κ3) is 5.03. The minimum Gasteiger partial charge on any atom is -0.367 e. The zero-order valence-electron chi connectivity index (χ0n) is 20.6. The number of piperidine rings is 3. The van der Waals surface area contributed by atoms with E-state index in [0.717, 1.165) is 32.5 Å². The molecule has 1 unspecified atom stereocenters. The lowest BCUT2D eigenvalue weighted by atomic mass is 9.60. The van der Waals surface area contributed by atoms with Gasteiger partial charge < -0.3 is 20.4 Å². The zero-order chi connectivity index (χ0) is 24.7. The third-order valence-electron chi connectivity index (χ3n) is 8.84. The molecule has 9 heteroatoms. The average Bonchev–Trinajstić information content (AvgIpc) is 2.80. The predicted octanol–water partition coefficient (Wildman–Crippen LogP) is 2.63. The third-order valence-corrected chi connectivity index (χ3v) is 8.84. The van der Waals surface area contributed by atoms with E-state index in [2.05, 4.69) is 10.2 Å². The van der Waals surface area contributed by atoms with Crippen LogP contribution in [-0.4, -0.2) is 68.6 Å². The van der Waals surface area contributed by atoms with Gasteiger partial charge in [-0.3, -0.25) is 14.9 Å². The van der Waals surface area contributed by atoms with Crippen LogP contribution in [0.3, 0.4) is 0 Å². The number of nitrogens with two attached hydrogens (primary N) is 1. The molecule has 4 fully saturated rings. The van der Waals surface area contributed by atoms with E-state index in [4.69, 9.17) is 5.73 Å². The summed E-state index contributed by atoms with van der Waals surface area (Å²) >= 11 is 0. The number of carbonyl (C=O) groups excluding carboxylic acids is 2. The lowest BCUT2D eigenvalue weighted by molar-refractivity contribution is -0.134. The minimum atomic E-state index is -0.626. The maximum atomic E-state index is 15.1. The normalized spacial score (nSPS) is 26.1. The van der Waals surface area contributed by atoms with Crippen LogP contribution in [0, 0.1) is 23.0 Å². The summed E-state index contributed by atoms with van der Waals surface area (Å²) in [6.07, 6.45) is 7.23. The van der Waals surface area contributed by atoms with Gasteiger partial charge in [-0.25, -0.2) is 8.78 Å². The largest absolute Gasteiger partial charge is 0.367 e. The van der Waals surface area contributed by atoms with Crippen molar-refractivity contribution in [3.63, 3.8) is 0 Å². The summed E-state index contributed by atoms with van der Waals surface area (Å²) in [5.41, 5.74) is 6.84. The maximum Gasteiger partial charge on any atom is 0.249 e. The fourth-order valence-corrected chi connectivity index (χ4v) is 6.66. The second-order valence-corrected chi connectivity index (χ2v) is 11.2. The Morgan fingerprint density at radius 1 is 1.06 bits per heavy atom. The van der Waals surface area contributed by atoms with Crippen molar-refractivity contribution < 1.29 is 18.4 Å². The molecule has 35 heavy (non-hydrogen) atoms. The highest BCUT2D eigenvalue weighted by Gasteiger charge is 2.44. The number of benzene rings is 1. The molecule has 192 valence electrons. The van der Waals surface area contributed by atoms with Crippen molar-refractivity contribution >= 4 is 23.2 Å². The highest BCUT2D eigenvalue weighted by atomic mass is 19.1. The molecule has 7 nitrogen and oxygen atoms in total. The van der Waals surface area contributed by atoms with Gasteiger partial charge in [0.15, 0.2) is 11.6 Å². The van der Waals surface area contributed by atoms with Crippen LogP contribution in [0.2, 0.25) is 0 Å². The number of carbonyl (C=O) groups is 2. The number of halogens is 2. The highest BCUT2D eigenvalue weighted by Crippen LogP contribution is 2.48. The van der Waals surface area contributed by atoms with Crippen LogP contribution < -0.4 is 20.9 Å². The number of likely N-dealkylation sites (N-methyl/N-ethyl adjacent to an activating group) is 1. The van der Waals surface area contributed by atoms with Gasteiger partial charge >= 0.3 is 0 Å². The highest BCUT2D eigenvalue weighted by molar-refractivity contribution is 6.01. The molecule has 3 heterocycles. The molecule has 0 aromatic heterocycles. The lowest BCUT2D eigenvalue weighted by Gasteiger charge is -2.51. The molecule has 1 aromatic rings. The van der Waals surface area contributed by atoms with Crippen molar-refractivity contribution in [2.45, 2.75) is 63.5 Å². The second-order valence-electron chi connectivity index (χ2n) is 11.2. The SMILES string of the molecule is CN(c1cc(F)c(N2CCC(CN3CCC4(CC3)CC(N)C4)CC2)c(F)c1)C1CCC(=O)NC1=O. The summed E-state index contributed by atoms with van der Waals surface area (Å²) in [5.74, 6) is -1.43. The lowest BCUT2D eigenvalue weighted by Crippen LogP contribution is -2.52. The molecule has 1 saturated carbocycles. The Morgan fingerprint density at radius 3 is 2.26 bits per heavy atom. The fraction of sp³-hybridized carbons (Fsp3) is 0.692. The van der Waals surface area contributed by atoms with E-state index in [9.17, 15) is 9.59 Å². The Labute approximate surface area is 206 Å². The van der Waals surface area contributed by atoms with Crippen LogP contribution in [0.5, 0.6) is 0 Å². The van der Waals surface area contributed by atoms with Crippen LogP contribution in [-0.2, 0) is 9.59 Å². The van der Waals surface area contributed by atoms with E-state index in [1.165, 1.54) is 37.8 Å². The first kappa shape index (κ1) is 24.4. The van der Waals surface area contributed by atoms with Gasteiger partial charge in [0.1, 0.15) is 11.7 Å². The van der Waals surface area contributed by atoms with Crippen LogP contribution >= 0.6 is 0 Å². The predicted molar refractivity (Wildman–Crippen MR) is 131 cm³/mol. The molecule has 0 radical (unpaired) electrons. The topological polar surface area (TPSA) is 81.9 Å². The second kappa shape index (κ2) is 9.65. The summed E-state index contributed by atoms with van der Waals surface area (Å²) in [6.45, 7) is 4.61. The molecule has 1 aromatic carbocycles. The summed E-state index contributed by atoms with van der Waals surface area (Å²) in [4.78, 5) is 29.5. The van der Waals surface area contributed by atoms with E-state index in [-0.39, 0.29) is 18.0 Å². The number of amides is 2. The number of anilines is 2. The first-order valence-electron chi connectivity index (χ1n) is 13.0. The van der Waals surface area contributed by atoms with E-state index in [1.807, 2.05) is 4.90 Å². The molecule has 0 bridgehead atoms. The molecule has 3 aliphatic heterocycles. The fourth-order valence-electron chi connectivity index (χ4n) is 6.66. The van der Waals surface area contributed by atoms with Crippen molar-refractivity contribution in [3.05, 3.63) is 23.8 Å². The van der Waals surface area contributed by atoms with Crippen molar-refractivity contribution in [2.75, 3.05) is 49.6 Å². The first-order chi connectivity index (χ1) is 16.7. The Hall–Kier alpha value is -2.26.